The topological polar surface area (TPSA) is 116 Å². The molecule has 3 rings (SSSR count). The van der Waals surface area contributed by atoms with Gasteiger partial charge >= 0.3 is 6.03 Å². The molecule has 0 saturated carbocycles. The van der Waals surface area contributed by atoms with E-state index in [9.17, 15) is 19.1 Å². The monoisotopic (exact) mass is 482 g/mol. The number of aromatic nitrogens is 1. The lowest BCUT2D eigenvalue weighted by Crippen LogP contribution is -2.40. The van der Waals surface area contributed by atoms with Gasteiger partial charge in [-0.1, -0.05) is 38.1 Å². The molecule has 0 aliphatic carbocycles. The van der Waals surface area contributed by atoms with Gasteiger partial charge in [0.15, 0.2) is 5.82 Å². The molecule has 2 aromatic carbocycles. The molecule has 0 fully saturated rings. The summed E-state index contributed by atoms with van der Waals surface area (Å²) < 4.78 is 18.3. The van der Waals surface area contributed by atoms with Gasteiger partial charge in [-0.05, 0) is 68.1 Å². The Morgan fingerprint density at radius 3 is 2.29 bits per heavy atom. The number of urea groups is 1. The third kappa shape index (κ3) is 7.13. The van der Waals surface area contributed by atoms with Crippen molar-refractivity contribution in [3.05, 3.63) is 71.2 Å². The summed E-state index contributed by atoms with van der Waals surface area (Å²) in [4.78, 5) is 25.0. The van der Waals surface area contributed by atoms with Crippen molar-refractivity contribution < 1.29 is 23.6 Å². The second-order valence-corrected chi connectivity index (χ2v) is 9.79. The van der Waals surface area contributed by atoms with Gasteiger partial charge in [-0.15, -0.1) is 0 Å². The molecule has 0 unspecified atom stereocenters. The van der Waals surface area contributed by atoms with Gasteiger partial charge in [0.1, 0.15) is 17.2 Å². The third-order valence-electron chi connectivity index (χ3n) is 5.53. The number of halogens is 1. The van der Waals surface area contributed by atoms with Crippen LogP contribution in [-0.2, 0) is 16.6 Å². The highest BCUT2D eigenvalue weighted by Crippen LogP contribution is 2.25. The van der Waals surface area contributed by atoms with E-state index in [4.69, 9.17) is 4.52 Å². The Balaban J connectivity index is 1.56. The number of hydrogen-bond acceptors (Lipinski definition) is 5. The van der Waals surface area contributed by atoms with Crippen LogP contribution in [0.25, 0.3) is 0 Å². The smallest absolute Gasteiger partial charge is 0.324 e. The van der Waals surface area contributed by atoms with E-state index >= 15 is 0 Å². The van der Waals surface area contributed by atoms with Gasteiger partial charge in [0.05, 0.1) is 0 Å². The van der Waals surface area contributed by atoms with Crippen molar-refractivity contribution in [1.82, 2.24) is 5.16 Å². The van der Waals surface area contributed by atoms with E-state index in [1.807, 2.05) is 20.8 Å². The van der Waals surface area contributed by atoms with Crippen LogP contribution in [0.1, 0.15) is 51.0 Å². The number of nitrogens with zero attached hydrogens (tertiary/aromatic N) is 1. The molecule has 0 aliphatic rings. The van der Waals surface area contributed by atoms with Gasteiger partial charge in [-0.25, -0.2) is 9.18 Å². The van der Waals surface area contributed by atoms with Crippen molar-refractivity contribution in [3.8, 4) is 0 Å². The Labute approximate surface area is 203 Å². The number of carbonyl (C=O) groups excluding carboxylic acids is 2. The minimum absolute atomic E-state index is 0.169. The number of aliphatic hydroxyl groups is 1. The van der Waals surface area contributed by atoms with Crippen LogP contribution in [0.2, 0.25) is 0 Å². The minimum Gasteiger partial charge on any atom is -0.380 e. The summed E-state index contributed by atoms with van der Waals surface area (Å²) in [5, 5.41) is 22.6. The van der Waals surface area contributed by atoms with Crippen LogP contribution < -0.4 is 16.0 Å². The molecular weight excluding hydrogens is 451 g/mol. The van der Waals surface area contributed by atoms with Gasteiger partial charge in [-0.3, -0.25) is 10.1 Å². The molecular formula is C26H31FN4O4. The van der Waals surface area contributed by atoms with Crippen LogP contribution in [0.15, 0.2) is 53.1 Å². The summed E-state index contributed by atoms with van der Waals surface area (Å²) in [6.45, 7) is 9.16. The van der Waals surface area contributed by atoms with Crippen molar-refractivity contribution in [2.45, 2.75) is 58.5 Å². The number of anilines is 3. The number of carbonyl (C=O) groups is 2. The highest BCUT2D eigenvalue weighted by atomic mass is 19.1. The van der Waals surface area contributed by atoms with Crippen molar-refractivity contribution in [2.24, 2.45) is 0 Å². The van der Waals surface area contributed by atoms with Gasteiger partial charge in [0.25, 0.3) is 5.91 Å². The van der Waals surface area contributed by atoms with E-state index < -0.39 is 17.5 Å². The first kappa shape index (κ1) is 25.9. The highest BCUT2D eigenvalue weighted by molar-refractivity contribution is 6.00. The fourth-order valence-corrected chi connectivity index (χ4v) is 3.26. The SMILES string of the molecule is Cc1cc(NC(=O)[C@](C)(O)CCc2ccc(F)cc2)ccc1NC(=O)Nc1cc(C(C)(C)C)on1. The minimum atomic E-state index is -1.62. The summed E-state index contributed by atoms with van der Waals surface area (Å²) in [7, 11) is 0. The molecule has 4 N–H and O–H groups in total. The average molecular weight is 483 g/mol. The Bertz CT molecular complexity index is 1200. The molecule has 3 amide bonds. The fraction of sp³-hybridized carbons (Fsp3) is 0.346. The van der Waals surface area contributed by atoms with Crippen LogP contribution >= 0.6 is 0 Å². The Morgan fingerprint density at radius 2 is 1.69 bits per heavy atom. The highest BCUT2D eigenvalue weighted by Gasteiger charge is 2.30. The summed E-state index contributed by atoms with van der Waals surface area (Å²) in [5.41, 5.74) is 0.702. The molecule has 9 heteroatoms. The first-order valence-corrected chi connectivity index (χ1v) is 11.3. The van der Waals surface area contributed by atoms with Crippen molar-refractivity contribution in [1.29, 1.82) is 0 Å². The normalized spacial score (nSPS) is 13.1. The second kappa shape index (κ2) is 10.3. The van der Waals surface area contributed by atoms with Crippen molar-refractivity contribution in [3.63, 3.8) is 0 Å². The molecule has 35 heavy (non-hydrogen) atoms. The van der Waals surface area contributed by atoms with E-state index in [1.165, 1.54) is 19.1 Å². The fourth-order valence-electron chi connectivity index (χ4n) is 3.26. The van der Waals surface area contributed by atoms with E-state index in [1.54, 1.807) is 43.3 Å². The Morgan fingerprint density at radius 1 is 1.00 bits per heavy atom. The van der Waals surface area contributed by atoms with E-state index in [-0.39, 0.29) is 17.7 Å². The first-order chi connectivity index (χ1) is 16.3. The van der Waals surface area contributed by atoms with Gasteiger partial charge in [-0.2, -0.15) is 0 Å². The lowest BCUT2D eigenvalue weighted by Gasteiger charge is -2.22. The number of aryl methyl sites for hydroxylation is 2. The predicted molar refractivity (Wildman–Crippen MR) is 133 cm³/mol. The second-order valence-electron chi connectivity index (χ2n) is 9.79. The zero-order valence-corrected chi connectivity index (χ0v) is 20.5. The quantitative estimate of drug-likeness (QED) is 0.360. The van der Waals surface area contributed by atoms with E-state index in [0.29, 0.717) is 34.9 Å². The van der Waals surface area contributed by atoms with Crippen LogP contribution in [-0.4, -0.2) is 27.8 Å². The van der Waals surface area contributed by atoms with Gasteiger partial charge in [0.2, 0.25) is 0 Å². The summed E-state index contributed by atoms with van der Waals surface area (Å²) >= 11 is 0. The molecule has 0 spiro atoms. The Hall–Kier alpha value is -3.72. The predicted octanol–water partition coefficient (Wildman–Crippen LogP) is 5.39. The van der Waals surface area contributed by atoms with Crippen molar-refractivity contribution in [2.75, 3.05) is 16.0 Å². The molecule has 8 nitrogen and oxygen atoms in total. The lowest BCUT2D eigenvalue weighted by atomic mass is 9.93. The number of hydrogen-bond donors (Lipinski definition) is 4. The molecule has 0 aliphatic heterocycles. The number of rotatable bonds is 7. The summed E-state index contributed by atoms with van der Waals surface area (Å²) in [6.07, 6.45) is 0.586. The van der Waals surface area contributed by atoms with Gasteiger partial charge in [0, 0.05) is 22.9 Å². The van der Waals surface area contributed by atoms with Crippen LogP contribution in [0.5, 0.6) is 0 Å². The molecule has 0 saturated heterocycles. The van der Waals surface area contributed by atoms with Crippen LogP contribution in [0.4, 0.5) is 26.4 Å². The van der Waals surface area contributed by atoms with Crippen molar-refractivity contribution >= 4 is 29.1 Å². The maximum Gasteiger partial charge on any atom is 0.324 e. The van der Waals surface area contributed by atoms with Gasteiger partial charge < -0.3 is 20.3 Å². The van der Waals surface area contributed by atoms with E-state index in [2.05, 4.69) is 21.1 Å². The van der Waals surface area contributed by atoms with Crippen LogP contribution in [0.3, 0.4) is 0 Å². The largest absolute Gasteiger partial charge is 0.380 e. The summed E-state index contributed by atoms with van der Waals surface area (Å²) in [5.74, 6) is 0.0597. The molecule has 0 bridgehead atoms. The lowest BCUT2D eigenvalue weighted by molar-refractivity contribution is -0.132. The maximum atomic E-state index is 13.1. The molecule has 1 atom stereocenters. The molecule has 1 heterocycles. The molecule has 186 valence electrons. The molecule has 1 aromatic heterocycles. The number of benzene rings is 2. The number of amides is 3. The Kier molecular flexibility index (Phi) is 7.60. The number of nitrogens with one attached hydrogen (secondary N) is 3. The zero-order chi connectivity index (χ0) is 25.8. The standard InChI is InChI=1S/C26H31FN4O4/c1-16-14-19(28-23(32)26(5,34)13-12-17-6-8-18(27)9-7-17)10-11-20(16)29-24(33)30-22-15-21(35-31-22)25(2,3)4/h6-11,14-15,34H,12-13H2,1-5H3,(H,28,32)(H2,29,30,31,33)/t26-/m1/s1. The molecule has 0 radical (unpaired) electrons. The zero-order valence-electron chi connectivity index (χ0n) is 20.5. The van der Waals surface area contributed by atoms with E-state index in [0.717, 1.165) is 5.56 Å². The third-order valence-corrected chi connectivity index (χ3v) is 5.53. The average Bonchev–Trinajstić information content (AvgIpc) is 3.24. The molecule has 3 aromatic rings. The maximum absolute atomic E-state index is 13.1. The van der Waals surface area contributed by atoms with Crippen LogP contribution in [0, 0.1) is 12.7 Å². The first-order valence-electron chi connectivity index (χ1n) is 11.3. The summed E-state index contributed by atoms with van der Waals surface area (Å²) in [6, 6.07) is 12.1.